The van der Waals surface area contributed by atoms with E-state index in [1.807, 2.05) is 0 Å². The summed E-state index contributed by atoms with van der Waals surface area (Å²) < 4.78 is 30.7. The van der Waals surface area contributed by atoms with Gasteiger partial charge in [-0.25, -0.2) is 8.78 Å². The zero-order chi connectivity index (χ0) is 10.6. The number of nitrogens with two attached hydrogens (primary N) is 1. The molecule has 0 saturated carbocycles. The van der Waals surface area contributed by atoms with Gasteiger partial charge in [0, 0.05) is 19.0 Å². The molecule has 0 atom stereocenters. The molecule has 0 saturated heterocycles. The van der Waals surface area contributed by atoms with Gasteiger partial charge in [-0.1, -0.05) is 0 Å². The molecule has 1 aromatic rings. The highest BCUT2D eigenvalue weighted by molar-refractivity contribution is 5.29. The third-order valence-electron chi connectivity index (χ3n) is 1.75. The van der Waals surface area contributed by atoms with Crippen LogP contribution in [0.15, 0.2) is 24.3 Å². The monoisotopic (exact) mass is 201 g/mol. The Bertz CT molecular complexity index is 279. The summed E-state index contributed by atoms with van der Waals surface area (Å²) >= 11 is 0. The number of hydrogen-bond donors (Lipinski definition) is 1. The average Bonchev–Trinajstić information content (AvgIpc) is 2.14. The number of ether oxygens (including phenoxy) is 1. The second-order valence-electron chi connectivity index (χ2n) is 3.05. The van der Waals surface area contributed by atoms with Gasteiger partial charge in [-0.3, -0.25) is 0 Å². The van der Waals surface area contributed by atoms with Crippen molar-refractivity contribution in [2.75, 3.05) is 13.2 Å². The summed E-state index contributed by atoms with van der Waals surface area (Å²) in [5.41, 5.74) is 5.21. The predicted molar refractivity (Wildman–Crippen MR) is 50.6 cm³/mol. The molecule has 2 nitrogen and oxygen atoms in total. The van der Waals surface area contributed by atoms with Crippen LogP contribution < -0.4 is 10.5 Å². The largest absolute Gasteiger partial charge is 0.492 e. The Kier molecular flexibility index (Phi) is 3.41. The summed E-state index contributed by atoms with van der Waals surface area (Å²) in [7, 11) is 0. The molecule has 78 valence electrons. The summed E-state index contributed by atoms with van der Waals surface area (Å²) in [6, 6.07) is 5.74. The van der Waals surface area contributed by atoms with Crippen LogP contribution >= 0.6 is 0 Å². The van der Waals surface area contributed by atoms with Gasteiger partial charge in [0.1, 0.15) is 12.4 Å². The van der Waals surface area contributed by atoms with Gasteiger partial charge in [0.05, 0.1) is 0 Å². The van der Waals surface area contributed by atoms with Crippen molar-refractivity contribution in [1.29, 1.82) is 0 Å². The number of hydrogen-bond acceptors (Lipinski definition) is 2. The van der Waals surface area contributed by atoms with Crippen LogP contribution in [0.1, 0.15) is 12.5 Å². The van der Waals surface area contributed by atoms with Crippen LogP contribution in [0.5, 0.6) is 5.75 Å². The van der Waals surface area contributed by atoms with Crippen molar-refractivity contribution in [1.82, 2.24) is 0 Å². The van der Waals surface area contributed by atoms with Crippen molar-refractivity contribution < 1.29 is 13.5 Å². The van der Waals surface area contributed by atoms with Crippen LogP contribution in [0.4, 0.5) is 8.78 Å². The first kappa shape index (κ1) is 10.9. The molecule has 0 bridgehead atoms. The van der Waals surface area contributed by atoms with Crippen molar-refractivity contribution in [3.8, 4) is 5.75 Å². The molecule has 1 rings (SSSR count). The third kappa shape index (κ3) is 2.96. The van der Waals surface area contributed by atoms with E-state index in [1.165, 1.54) is 24.3 Å². The fraction of sp³-hybridized carbons (Fsp3) is 0.400. The quantitative estimate of drug-likeness (QED) is 0.809. The van der Waals surface area contributed by atoms with Crippen LogP contribution in [0.25, 0.3) is 0 Å². The van der Waals surface area contributed by atoms with E-state index in [9.17, 15) is 8.78 Å². The fourth-order valence-electron chi connectivity index (χ4n) is 1.02. The Balaban J connectivity index is 2.69. The first-order valence-electron chi connectivity index (χ1n) is 4.35. The van der Waals surface area contributed by atoms with Crippen molar-refractivity contribution in [2.24, 2.45) is 5.73 Å². The Morgan fingerprint density at radius 3 is 2.29 bits per heavy atom. The van der Waals surface area contributed by atoms with E-state index in [1.54, 1.807) is 0 Å². The molecule has 2 N–H and O–H groups in total. The van der Waals surface area contributed by atoms with Gasteiger partial charge in [-0.15, -0.1) is 0 Å². The summed E-state index contributed by atoms with van der Waals surface area (Å²) in [4.78, 5) is 0. The predicted octanol–water partition coefficient (Wildman–Crippen LogP) is 2.14. The molecule has 14 heavy (non-hydrogen) atoms. The summed E-state index contributed by atoms with van der Waals surface area (Å²) in [6.45, 7) is 1.66. The van der Waals surface area contributed by atoms with Gasteiger partial charge in [-0.2, -0.15) is 0 Å². The van der Waals surface area contributed by atoms with Crippen LogP contribution in [0, 0.1) is 0 Å². The van der Waals surface area contributed by atoms with Crippen molar-refractivity contribution in [3.63, 3.8) is 0 Å². The van der Waals surface area contributed by atoms with Gasteiger partial charge >= 0.3 is 0 Å². The number of rotatable bonds is 4. The molecular weight excluding hydrogens is 188 g/mol. The number of benzene rings is 1. The van der Waals surface area contributed by atoms with Gasteiger partial charge in [-0.05, 0) is 24.3 Å². The van der Waals surface area contributed by atoms with Crippen LogP contribution in [-0.2, 0) is 5.92 Å². The molecule has 0 aliphatic heterocycles. The van der Waals surface area contributed by atoms with E-state index in [0.29, 0.717) is 18.9 Å². The first-order chi connectivity index (χ1) is 6.54. The highest BCUT2D eigenvalue weighted by Crippen LogP contribution is 2.27. The topological polar surface area (TPSA) is 35.2 Å². The first-order valence-corrected chi connectivity index (χ1v) is 4.35. The molecule has 0 aliphatic rings. The Hall–Kier alpha value is -1.16. The minimum absolute atomic E-state index is 0.0161. The lowest BCUT2D eigenvalue weighted by Gasteiger charge is -2.11. The van der Waals surface area contributed by atoms with Crippen LogP contribution in [0.2, 0.25) is 0 Å². The van der Waals surface area contributed by atoms with Gasteiger partial charge in [0.25, 0.3) is 5.92 Å². The zero-order valence-electron chi connectivity index (χ0n) is 7.97. The Morgan fingerprint density at radius 1 is 1.29 bits per heavy atom. The number of halogens is 2. The molecule has 0 heterocycles. The van der Waals surface area contributed by atoms with Crippen molar-refractivity contribution in [2.45, 2.75) is 12.8 Å². The summed E-state index contributed by atoms with van der Waals surface area (Å²) in [5.74, 6) is -2.24. The summed E-state index contributed by atoms with van der Waals surface area (Å²) in [5, 5.41) is 0. The van der Waals surface area contributed by atoms with E-state index < -0.39 is 5.92 Å². The van der Waals surface area contributed by atoms with E-state index in [0.717, 1.165) is 6.92 Å². The Labute approximate surface area is 81.7 Å². The van der Waals surface area contributed by atoms with Crippen molar-refractivity contribution >= 4 is 0 Å². The van der Waals surface area contributed by atoms with Crippen LogP contribution in [-0.4, -0.2) is 13.2 Å². The molecule has 0 amide bonds. The van der Waals surface area contributed by atoms with E-state index >= 15 is 0 Å². The number of alkyl halides is 2. The standard InChI is InChI=1S/C10H13F2NO/c1-10(11,12)8-2-4-9(5-3-8)14-7-6-13/h2-5H,6-7,13H2,1H3. The second-order valence-corrected chi connectivity index (χ2v) is 3.05. The Morgan fingerprint density at radius 2 is 1.86 bits per heavy atom. The fourth-order valence-corrected chi connectivity index (χ4v) is 1.02. The lowest BCUT2D eigenvalue weighted by Crippen LogP contribution is -2.11. The van der Waals surface area contributed by atoms with Gasteiger partial charge in [0.15, 0.2) is 0 Å². The van der Waals surface area contributed by atoms with Gasteiger partial charge < -0.3 is 10.5 Å². The highest BCUT2D eigenvalue weighted by atomic mass is 19.3. The third-order valence-corrected chi connectivity index (χ3v) is 1.75. The van der Waals surface area contributed by atoms with Crippen LogP contribution in [0.3, 0.4) is 0 Å². The normalized spacial score (nSPS) is 11.4. The SMILES string of the molecule is CC(F)(F)c1ccc(OCCN)cc1. The maximum absolute atomic E-state index is 12.8. The average molecular weight is 201 g/mol. The van der Waals surface area contributed by atoms with E-state index in [2.05, 4.69) is 0 Å². The summed E-state index contributed by atoms with van der Waals surface area (Å²) in [6.07, 6.45) is 0. The molecule has 4 heteroatoms. The van der Waals surface area contributed by atoms with Crippen molar-refractivity contribution in [3.05, 3.63) is 29.8 Å². The highest BCUT2D eigenvalue weighted by Gasteiger charge is 2.23. The smallest absolute Gasteiger partial charge is 0.270 e. The second kappa shape index (κ2) is 4.37. The molecule has 0 spiro atoms. The molecular formula is C10H13F2NO. The molecule has 0 unspecified atom stereocenters. The van der Waals surface area contributed by atoms with E-state index in [-0.39, 0.29) is 5.56 Å². The molecule has 0 aromatic heterocycles. The molecule has 1 aromatic carbocycles. The lowest BCUT2D eigenvalue weighted by molar-refractivity contribution is 0.0174. The molecule has 0 aliphatic carbocycles. The van der Waals surface area contributed by atoms with E-state index in [4.69, 9.17) is 10.5 Å². The molecule has 0 fully saturated rings. The maximum Gasteiger partial charge on any atom is 0.270 e. The lowest BCUT2D eigenvalue weighted by atomic mass is 10.1. The zero-order valence-corrected chi connectivity index (χ0v) is 7.97. The van der Waals surface area contributed by atoms with Gasteiger partial charge in [0.2, 0.25) is 0 Å². The minimum atomic E-state index is -2.80. The minimum Gasteiger partial charge on any atom is -0.492 e. The molecule has 0 radical (unpaired) electrons. The maximum atomic E-state index is 12.8.